The first-order valence-electron chi connectivity index (χ1n) is 7.50. The van der Waals surface area contributed by atoms with Crippen LogP contribution < -0.4 is 0 Å². The van der Waals surface area contributed by atoms with E-state index in [0.717, 1.165) is 12.8 Å². The summed E-state index contributed by atoms with van der Waals surface area (Å²) in [6, 6.07) is 0. The van der Waals surface area contributed by atoms with E-state index < -0.39 is 0 Å². The van der Waals surface area contributed by atoms with Crippen LogP contribution in [0.5, 0.6) is 0 Å². The summed E-state index contributed by atoms with van der Waals surface area (Å²) in [4.78, 5) is 11.6. The highest BCUT2D eigenvalue weighted by molar-refractivity contribution is 5.69. The van der Waals surface area contributed by atoms with Gasteiger partial charge in [-0.2, -0.15) is 0 Å². The van der Waals surface area contributed by atoms with E-state index in [0.29, 0.717) is 24.4 Å². The van der Waals surface area contributed by atoms with Crippen molar-refractivity contribution in [2.24, 2.45) is 11.3 Å². The van der Waals surface area contributed by atoms with Crippen LogP contribution in [0.3, 0.4) is 0 Å². The molecule has 18 heavy (non-hydrogen) atoms. The van der Waals surface area contributed by atoms with Crippen molar-refractivity contribution in [3.63, 3.8) is 0 Å². The van der Waals surface area contributed by atoms with Crippen molar-refractivity contribution < 1.29 is 9.53 Å². The third kappa shape index (κ3) is 11.9. The lowest BCUT2D eigenvalue weighted by atomic mass is 9.84. The molecule has 0 fully saturated rings. The van der Waals surface area contributed by atoms with E-state index in [1.807, 2.05) is 0 Å². The van der Waals surface area contributed by atoms with E-state index in [9.17, 15) is 4.79 Å². The van der Waals surface area contributed by atoms with Crippen molar-refractivity contribution in [2.75, 3.05) is 6.61 Å². The highest BCUT2D eigenvalue weighted by Crippen LogP contribution is 2.26. The maximum atomic E-state index is 11.6. The minimum Gasteiger partial charge on any atom is -0.466 e. The zero-order valence-corrected chi connectivity index (χ0v) is 13.1. The second kappa shape index (κ2) is 9.41. The van der Waals surface area contributed by atoms with Gasteiger partial charge in [0.25, 0.3) is 0 Å². The molecule has 1 atom stereocenters. The molecule has 0 amide bonds. The lowest BCUT2D eigenvalue weighted by molar-refractivity contribution is -0.144. The highest BCUT2D eigenvalue weighted by Gasteiger charge is 2.18. The van der Waals surface area contributed by atoms with Crippen LogP contribution in [0.2, 0.25) is 0 Å². The van der Waals surface area contributed by atoms with Crippen LogP contribution >= 0.6 is 0 Å². The van der Waals surface area contributed by atoms with Gasteiger partial charge in [-0.1, -0.05) is 60.3 Å². The van der Waals surface area contributed by atoms with Gasteiger partial charge in [0.1, 0.15) is 0 Å². The molecule has 0 aliphatic heterocycles. The van der Waals surface area contributed by atoms with Crippen LogP contribution in [0, 0.1) is 11.3 Å². The Labute approximate surface area is 113 Å². The van der Waals surface area contributed by atoms with E-state index in [2.05, 4.69) is 34.6 Å². The summed E-state index contributed by atoms with van der Waals surface area (Å²) in [5, 5.41) is 0. The molecule has 0 radical (unpaired) electrons. The second-order valence-electron chi connectivity index (χ2n) is 6.71. The third-order valence-corrected chi connectivity index (χ3v) is 2.99. The van der Waals surface area contributed by atoms with Gasteiger partial charge in [-0.25, -0.2) is 0 Å². The van der Waals surface area contributed by atoms with Crippen molar-refractivity contribution >= 4 is 5.97 Å². The molecular weight excluding hydrogens is 224 g/mol. The number of rotatable bonds is 9. The Morgan fingerprint density at radius 1 is 1.11 bits per heavy atom. The molecule has 108 valence electrons. The molecule has 0 heterocycles. The molecular formula is C16H32O2. The van der Waals surface area contributed by atoms with Gasteiger partial charge < -0.3 is 4.74 Å². The molecule has 2 heteroatoms. The van der Waals surface area contributed by atoms with Crippen molar-refractivity contribution in [1.82, 2.24) is 0 Å². The summed E-state index contributed by atoms with van der Waals surface area (Å²) in [5.41, 5.74) is 0.292. The number of carbonyl (C=O) groups is 1. The fourth-order valence-electron chi connectivity index (χ4n) is 2.35. The van der Waals surface area contributed by atoms with Crippen LogP contribution in [0.25, 0.3) is 0 Å². The fraction of sp³-hybridized carbons (Fsp3) is 0.938. The Morgan fingerprint density at radius 3 is 2.28 bits per heavy atom. The summed E-state index contributed by atoms with van der Waals surface area (Å²) in [5.74, 6) is 0.389. The first-order valence-corrected chi connectivity index (χ1v) is 7.50. The van der Waals surface area contributed by atoms with Gasteiger partial charge in [-0.05, 0) is 24.2 Å². The molecule has 0 aliphatic carbocycles. The molecule has 0 rings (SSSR count). The fourth-order valence-corrected chi connectivity index (χ4v) is 2.35. The standard InChI is InChI=1S/C16H32O2/c1-6-7-8-9-10-11-18-15(17)12-14(2)13-16(3,4)5/h14H,6-13H2,1-5H3. The largest absolute Gasteiger partial charge is 0.466 e. The molecule has 0 spiro atoms. The first kappa shape index (κ1) is 17.5. The Morgan fingerprint density at radius 2 is 1.72 bits per heavy atom. The van der Waals surface area contributed by atoms with Crippen LogP contribution in [-0.4, -0.2) is 12.6 Å². The van der Waals surface area contributed by atoms with Crippen molar-refractivity contribution in [2.45, 2.75) is 79.6 Å². The minimum atomic E-state index is -0.0257. The van der Waals surface area contributed by atoms with Gasteiger partial charge >= 0.3 is 5.97 Å². The summed E-state index contributed by atoms with van der Waals surface area (Å²) in [6.07, 6.45) is 7.62. The van der Waals surface area contributed by atoms with Crippen molar-refractivity contribution in [1.29, 1.82) is 0 Å². The van der Waals surface area contributed by atoms with Gasteiger partial charge in [0.2, 0.25) is 0 Å². The Hall–Kier alpha value is -0.530. The Kier molecular flexibility index (Phi) is 9.13. The number of unbranched alkanes of at least 4 members (excludes halogenated alkanes) is 4. The van der Waals surface area contributed by atoms with E-state index in [4.69, 9.17) is 4.74 Å². The quantitative estimate of drug-likeness (QED) is 0.430. The summed E-state index contributed by atoms with van der Waals surface area (Å²) in [7, 11) is 0. The first-order chi connectivity index (χ1) is 8.35. The normalized spacial score (nSPS) is 13.4. The van der Waals surface area contributed by atoms with Gasteiger partial charge in [-0.3, -0.25) is 4.79 Å². The van der Waals surface area contributed by atoms with Gasteiger partial charge in [-0.15, -0.1) is 0 Å². The molecule has 1 unspecified atom stereocenters. The monoisotopic (exact) mass is 256 g/mol. The summed E-state index contributed by atoms with van der Waals surface area (Å²) >= 11 is 0. The lowest BCUT2D eigenvalue weighted by Crippen LogP contribution is -2.16. The van der Waals surface area contributed by atoms with E-state index in [1.54, 1.807) is 0 Å². The van der Waals surface area contributed by atoms with E-state index >= 15 is 0 Å². The molecule has 0 aromatic carbocycles. The van der Waals surface area contributed by atoms with Gasteiger partial charge in [0, 0.05) is 6.42 Å². The number of hydrogen-bond donors (Lipinski definition) is 0. The molecule has 0 aromatic rings. The second-order valence-corrected chi connectivity index (χ2v) is 6.71. The molecule has 0 saturated heterocycles. The summed E-state index contributed by atoms with van der Waals surface area (Å²) in [6.45, 7) is 11.6. The smallest absolute Gasteiger partial charge is 0.306 e. The number of carbonyl (C=O) groups excluding carboxylic acids is 1. The van der Waals surface area contributed by atoms with E-state index in [-0.39, 0.29) is 5.97 Å². The average Bonchev–Trinajstić information content (AvgIpc) is 2.20. The van der Waals surface area contributed by atoms with Crippen LogP contribution in [-0.2, 0) is 9.53 Å². The highest BCUT2D eigenvalue weighted by atomic mass is 16.5. The topological polar surface area (TPSA) is 26.3 Å². The zero-order chi connectivity index (χ0) is 14.0. The molecule has 0 aromatic heterocycles. The maximum Gasteiger partial charge on any atom is 0.306 e. The average molecular weight is 256 g/mol. The molecule has 0 bridgehead atoms. The van der Waals surface area contributed by atoms with Gasteiger partial charge in [0.15, 0.2) is 0 Å². The van der Waals surface area contributed by atoms with E-state index in [1.165, 1.54) is 25.7 Å². The third-order valence-electron chi connectivity index (χ3n) is 2.99. The zero-order valence-electron chi connectivity index (χ0n) is 13.1. The predicted molar refractivity (Wildman–Crippen MR) is 77.6 cm³/mol. The molecule has 0 N–H and O–H groups in total. The SMILES string of the molecule is CCCCCCCOC(=O)CC(C)CC(C)(C)C. The van der Waals surface area contributed by atoms with Crippen LogP contribution in [0.1, 0.15) is 79.6 Å². The Bertz CT molecular complexity index is 216. The van der Waals surface area contributed by atoms with Crippen molar-refractivity contribution in [3.8, 4) is 0 Å². The molecule has 0 aliphatic rings. The number of ether oxygens (including phenoxy) is 1. The van der Waals surface area contributed by atoms with Crippen LogP contribution in [0.15, 0.2) is 0 Å². The van der Waals surface area contributed by atoms with Gasteiger partial charge in [0.05, 0.1) is 6.61 Å². The minimum absolute atomic E-state index is 0.0257. The van der Waals surface area contributed by atoms with Crippen molar-refractivity contribution in [3.05, 3.63) is 0 Å². The maximum absolute atomic E-state index is 11.6. The number of hydrogen-bond acceptors (Lipinski definition) is 2. The van der Waals surface area contributed by atoms with Crippen LogP contribution in [0.4, 0.5) is 0 Å². The number of esters is 1. The lowest BCUT2D eigenvalue weighted by Gasteiger charge is -2.22. The summed E-state index contributed by atoms with van der Waals surface area (Å²) < 4.78 is 5.27. The predicted octanol–water partition coefficient (Wildman–Crippen LogP) is 4.96. The molecule has 0 saturated carbocycles. The molecule has 2 nitrogen and oxygen atoms in total. The Balaban J connectivity index is 3.53.